The summed E-state index contributed by atoms with van der Waals surface area (Å²) >= 11 is 0. The molecule has 2 N–H and O–H groups in total. The first-order chi connectivity index (χ1) is 8.86. The van der Waals surface area contributed by atoms with Gasteiger partial charge in [-0.15, -0.1) is 0 Å². The van der Waals surface area contributed by atoms with Crippen molar-refractivity contribution in [2.24, 2.45) is 5.92 Å². The Kier molecular flexibility index (Phi) is 4.13. The lowest BCUT2D eigenvalue weighted by Crippen LogP contribution is -2.54. The number of halogens is 3. The van der Waals surface area contributed by atoms with Gasteiger partial charge in [-0.1, -0.05) is 6.42 Å². The standard InChI is InChI=1S/C12H17F3N2O2/c13-12(14,15)7-2-1-3-8(6-7)16-9-4-5-10(18)17-11(9)19/h7-9,16H,1-6H2,(H,17,18,19). The maximum Gasteiger partial charge on any atom is 0.391 e. The van der Waals surface area contributed by atoms with E-state index >= 15 is 0 Å². The molecule has 108 valence electrons. The van der Waals surface area contributed by atoms with Gasteiger partial charge in [-0.3, -0.25) is 14.9 Å². The molecule has 0 aromatic heterocycles. The Morgan fingerprint density at radius 2 is 1.89 bits per heavy atom. The van der Waals surface area contributed by atoms with E-state index in [9.17, 15) is 22.8 Å². The summed E-state index contributed by atoms with van der Waals surface area (Å²) in [5.74, 6) is -2.03. The van der Waals surface area contributed by atoms with Crippen LogP contribution in [0.25, 0.3) is 0 Å². The number of piperidine rings is 1. The highest BCUT2D eigenvalue weighted by atomic mass is 19.4. The number of amides is 2. The molecular formula is C12H17F3N2O2. The fourth-order valence-electron chi connectivity index (χ4n) is 2.78. The van der Waals surface area contributed by atoms with Gasteiger partial charge in [0.2, 0.25) is 11.8 Å². The van der Waals surface area contributed by atoms with E-state index in [2.05, 4.69) is 10.6 Å². The van der Waals surface area contributed by atoms with Crippen LogP contribution in [-0.2, 0) is 9.59 Å². The van der Waals surface area contributed by atoms with Gasteiger partial charge in [0, 0.05) is 12.5 Å². The van der Waals surface area contributed by atoms with Crippen molar-refractivity contribution < 1.29 is 22.8 Å². The Labute approximate surface area is 109 Å². The van der Waals surface area contributed by atoms with Crippen LogP contribution in [0.5, 0.6) is 0 Å². The number of imide groups is 1. The molecule has 1 saturated carbocycles. The van der Waals surface area contributed by atoms with Crippen LogP contribution in [0.4, 0.5) is 13.2 Å². The van der Waals surface area contributed by atoms with Gasteiger partial charge in [0.1, 0.15) is 0 Å². The molecule has 2 aliphatic rings. The van der Waals surface area contributed by atoms with Gasteiger partial charge >= 0.3 is 6.18 Å². The second kappa shape index (κ2) is 5.48. The second-order valence-corrected chi connectivity index (χ2v) is 5.27. The molecule has 0 spiro atoms. The van der Waals surface area contributed by atoms with Gasteiger partial charge < -0.3 is 5.32 Å². The van der Waals surface area contributed by atoms with Crippen molar-refractivity contribution in [3.05, 3.63) is 0 Å². The van der Waals surface area contributed by atoms with Crippen LogP contribution in [0.2, 0.25) is 0 Å². The fourth-order valence-corrected chi connectivity index (χ4v) is 2.78. The molecule has 0 aromatic rings. The van der Waals surface area contributed by atoms with Gasteiger partial charge in [0.15, 0.2) is 0 Å². The Morgan fingerprint density at radius 3 is 2.53 bits per heavy atom. The monoisotopic (exact) mass is 278 g/mol. The molecule has 1 aliphatic carbocycles. The van der Waals surface area contributed by atoms with Gasteiger partial charge in [0.05, 0.1) is 12.0 Å². The van der Waals surface area contributed by atoms with Crippen molar-refractivity contribution in [2.75, 3.05) is 0 Å². The summed E-state index contributed by atoms with van der Waals surface area (Å²) in [7, 11) is 0. The van der Waals surface area contributed by atoms with Crippen molar-refractivity contribution in [2.45, 2.75) is 56.8 Å². The minimum atomic E-state index is -4.16. The summed E-state index contributed by atoms with van der Waals surface area (Å²) in [6.45, 7) is 0. The van der Waals surface area contributed by atoms with E-state index in [0.29, 0.717) is 19.3 Å². The topological polar surface area (TPSA) is 58.2 Å². The predicted molar refractivity (Wildman–Crippen MR) is 61.1 cm³/mol. The third-order valence-electron chi connectivity index (χ3n) is 3.81. The first-order valence-electron chi connectivity index (χ1n) is 6.52. The molecular weight excluding hydrogens is 261 g/mol. The number of alkyl halides is 3. The van der Waals surface area contributed by atoms with E-state index < -0.39 is 24.0 Å². The van der Waals surface area contributed by atoms with Crippen molar-refractivity contribution in [1.29, 1.82) is 0 Å². The highest BCUT2D eigenvalue weighted by Gasteiger charge is 2.42. The molecule has 19 heavy (non-hydrogen) atoms. The predicted octanol–water partition coefficient (Wildman–Crippen LogP) is 1.50. The molecule has 2 amide bonds. The minimum absolute atomic E-state index is 0.0151. The molecule has 0 aromatic carbocycles. The van der Waals surface area contributed by atoms with Crippen LogP contribution in [0, 0.1) is 5.92 Å². The summed E-state index contributed by atoms with van der Waals surface area (Å²) in [4.78, 5) is 22.5. The number of carbonyl (C=O) groups is 2. The third kappa shape index (κ3) is 3.68. The SMILES string of the molecule is O=C1CCC(NC2CCCC(C(F)(F)F)C2)C(=O)N1. The van der Waals surface area contributed by atoms with Crippen LogP contribution in [0.1, 0.15) is 38.5 Å². The maximum atomic E-state index is 12.7. The molecule has 1 heterocycles. The number of carbonyl (C=O) groups excluding carboxylic acids is 2. The molecule has 2 fully saturated rings. The van der Waals surface area contributed by atoms with Crippen LogP contribution in [0.3, 0.4) is 0 Å². The van der Waals surface area contributed by atoms with E-state index in [1.54, 1.807) is 0 Å². The van der Waals surface area contributed by atoms with Gasteiger partial charge in [0.25, 0.3) is 0 Å². The molecule has 0 bridgehead atoms. The number of nitrogens with one attached hydrogen (secondary N) is 2. The lowest BCUT2D eigenvalue weighted by Gasteiger charge is -2.34. The van der Waals surface area contributed by atoms with Crippen molar-refractivity contribution in [3.63, 3.8) is 0 Å². The molecule has 4 nitrogen and oxygen atoms in total. The van der Waals surface area contributed by atoms with Crippen LogP contribution >= 0.6 is 0 Å². The second-order valence-electron chi connectivity index (χ2n) is 5.27. The Hall–Kier alpha value is -1.11. The summed E-state index contributed by atoms with van der Waals surface area (Å²) in [6, 6.07) is -0.848. The lowest BCUT2D eigenvalue weighted by atomic mass is 9.84. The summed E-state index contributed by atoms with van der Waals surface area (Å²) in [5.41, 5.74) is 0. The average Bonchev–Trinajstić information content (AvgIpc) is 2.32. The normalized spacial score (nSPS) is 33.1. The first kappa shape index (κ1) is 14.3. The van der Waals surface area contributed by atoms with E-state index in [0.717, 1.165) is 0 Å². The van der Waals surface area contributed by atoms with Gasteiger partial charge in [-0.2, -0.15) is 13.2 Å². The Bertz CT molecular complexity index is 370. The highest BCUT2D eigenvalue weighted by Crippen LogP contribution is 2.37. The zero-order valence-electron chi connectivity index (χ0n) is 10.4. The summed E-state index contributed by atoms with van der Waals surface area (Å²) < 4.78 is 38.0. The molecule has 3 unspecified atom stereocenters. The smallest absolute Gasteiger partial charge is 0.303 e. The molecule has 7 heteroatoms. The van der Waals surface area contributed by atoms with E-state index in [1.165, 1.54) is 0 Å². The van der Waals surface area contributed by atoms with Crippen LogP contribution in [-0.4, -0.2) is 30.1 Å². The van der Waals surface area contributed by atoms with Crippen LogP contribution in [0.15, 0.2) is 0 Å². The molecule has 1 aliphatic heterocycles. The number of rotatable bonds is 2. The van der Waals surface area contributed by atoms with Gasteiger partial charge in [-0.05, 0) is 25.7 Å². The first-order valence-corrected chi connectivity index (χ1v) is 6.52. The molecule has 1 saturated heterocycles. The number of hydrogen-bond donors (Lipinski definition) is 2. The quantitative estimate of drug-likeness (QED) is 0.753. The van der Waals surface area contributed by atoms with E-state index in [4.69, 9.17) is 0 Å². The number of hydrogen-bond acceptors (Lipinski definition) is 3. The average molecular weight is 278 g/mol. The molecule has 3 atom stereocenters. The summed E-state index contributed by atoms with van der Waals surface area (Å²) in [6.07, 6.45) is -2.24. The Balaban J connectivity index is 1.89. The zero-order chi connectivity index (χ0) is 14.0. The molecule has 0 radical (unpaired) electrons. The van der Waals surface area contributed by atoms with Gasteiger partial charge in [-0.25, -0.2) is 0 Å². The van der Waals surface area contributed by atoms with E-state index in [1.807, 2.05) is 0 Å². The maximum absolute atomic E-state index is 12.7. The van der Waals surface area contributed by atoms with Crippen molar-refractivity contribution in [1.82, 2.24) is 10.6 Å². The summed E-state index contributed by atoms with van der Waals surface area (Å²) in [5, 5.41) is 5.16. The fraction of sp³-hybridized carbons (Fsp3) is 0.833. The highest BCUT2D eigenvalue weighted by molar-refractivity contribution is 6.00. The largest absolute Gasteiger partial charge is 0.391 e. The lowest BCUT2D eigenvalue weighted by molar-refractivity contribution is -0.183. The third-order valence-corrected chi connectivity index (χ3v) is 3.81. The van der Waals surface area contributed by atoms with Crippen LogP contribution < -0.4 is 10.6 Å². The zero-order valence-corrected chi connectivity index (χ0v) is 10.4. The molecule has 2 rings (SSSR count). The van der Waals surface area contributed by atoms with Crippen molar-refractivity contribution in [3.8, 4) is 0 Å². The van der Waals surface area contributed by atoms with E-state index in [-0.39, 0.29) is 31.2 Å². The van der Waals surface area contributed by atoms with Crippen molar-refractivity contribution >= 4 is 11.8 Å². The minimum Gasteiger partial charge on any atom is -0.303 e. The Morgan fingerprint density at radius 1 is 1.16 bits per heavy atom.